The van der Waals surface area contributed by atoms with Gasteiger partial charge in [0.25, 0.3) is 0 Å². The molecule has 0 aliphatic rings. The zero-order chi connectivity index (χ0) is 25.4. The first-order valence-electron chi connectivity index (χ1n) is 12.7. The highest BCUT2D eigenvalue weighted by molar-refractivity contribution is 5.90. The van der Waals surface area contributed by atoms with Crippen LogP contribution in [0.15, 0.2) is 108 Å². The zero-order valence-corrected chi connectivity index (χ0v) is 20.9. The van der Waals surface area contributed by atoms with Crippen molar-refractivity contribution in [2.24, 2.45) is 0 Å². The summed E-state index contributed by atoms with van der Waals surface area (Å²) in [5.41, 5.74) is 10.2. The maximum absolute atomic E-state index is 15.0. The second-order valence-electron chi connectivity index (χ2n) is 9.12. The first kappa shape index (κ1) is 23.0. The van der Waals surface area contributed by atoms with Gasteiger partial charge >= 0.3 is 0 Å². The van der Waals surface area contributed by atoms with Crippen molar-refractivity contribution in [3.05, 3.63) is 120 Å². The molecule has 0 saturated heterocycles. The largest absolute Gasteiger partial charge is 0.462 e. The standard InChI is InChI=1S/C33H27FN2O/c1-3-24-27(22-13-7-5-8-14-22)19-28(23-15-9-6-10-16-23)25(4-2)33(24)29-20-32(34)35-36(29)30-21-37-31-18-12-11-17-26(30)31/h5-21H,3-4H2,1-2H3. The Labute approximate surface area is 215 Å². The second-order valence-corrected chi connectivity index (χ2v) is 9.12. The van der Waals surface area contributed by atoms with Crippen LogP contribution in [0.2, 0.25) is 0 Å². The lowest BCUT2D eigenvalue weighted by molar-refractivity contribution is 0.563. The van der Waals surface area contributed by atoms with Gasteiger partial charge in [0.05, 0.1) is 5.69 Å². The quantitative estimate of drug-likeness (QED) is 0.235. The average Bonchev–Trinajstić information content (AvgIpc) is 3.55. The summed E-state index contributed by atoms with van der Waals surface area (Å²) in [5.74, 6) is -0.518. The topological polar surface area (TPSA) is 31.0 Å². The fourth-order valence-corrected chi connectivity index (χ4v) is 5.41. The Morgan fingerprint density at radius 1 is 0.730 bits per heavy atom. The van der Waals surface area contributed by atoms with Gasteiger partial charge in [-0.05, 0) is 64.4 Å². The van der Waals surface area contributed by atoms with Crippen LogP contribution >= 0.6 is 0 Å². The van der Waals surface area contributed by atoms with Gasteiger partial charge in [-0.25, -0.2) is 4.68 Å². The van der Waals surface area contributed by atoms with Crippen molar-refractivity contribution in [2.75, 3.05) is 0 Å². The van der Waals surface area contributed by atoms with Gasteiger partial charge in [0.1, 0.15) is 17.5 Å². The first-order chi connectivity index (χ1) is 18.2. The number of halogens is 1. The van der Waals surface area contributed by atoms with E-state index >= 15 is 4.39 Å². The van der Waals surface area contributed by atoms with Crippen LogP contribution in [0.4, 0.5) is 4.39 Å². The number of hydrogen-bond acceptors (Lipinski definition) is 2. The summed E-state index contributed by atoms with van der Waals surface area (Å²) < 4.78 is 22.5. The van der Waals surface area contributed by atoms with Gasteiger partial charge in [-0.15, -0.1) is 5.10 Å². The predicted molar refractivity (Wildman–Crippen MR) is 148 cm³/mol. The van der Waals surface area contributed by atoms with Crippen LogP contribution in [0, 0.1) is 5.95 Å². The Balaban J connectivity index is 1.72. The summed E-state index contributed by atoms with van der Waals surface area (Å²) in [5, 5.41) is 5.22. The van der Waals surface area contributed by atoms with E-state index in [9.17, 15) is 0 Å². The lowest BCUT2D eigenvalue weighted by Crippen LogP contribution is -2.06. The molecule has 182 valence electrons. The molecule has 0 N–H and O–H groups in total. The first-order valence-corrected chi connectivity index (χ1v) is 12.7. The highest BCUT2D eigenvalue weighted by atomic mass is 19.1. The SMILES string of the molecule is CCc1c(-c2ccccc2)cc(-c2ccccc2)c(CC)c1-c1cc(F)nn1-c1coc2ccccc12. The van der Waals surface area contributed by atoms with Gasteiger partial charge in [0, 0.05) is 17.0 Å². The average molecular weight is 487 g/mol. The molecule has 0 atom stereocenters. The fourth-order valence-electron chi connectivity index (χ4n) is 5.41. The lowest BCUT2D eigenvalue weighted by atomic mass is 9.83. The minimum Gasteiger partial charge on any atom is -0.462 e. The summed E-state index contributed by atoms with van der Waals surface area (Å²) >= 11 is 0. The highest BCUT2D eigenvalue weighted by Gasteiger charge is 2.24. The maximum Gasteiger partial charge on any atom is 0.233 e. The molecule has 0 saturated carbocycles. The number of furan rings is 1. The minimum absolute atomic E-state index is 0.518. The monoisotopic (exact) mass is 486 g/mol. The van der Waals surface area contributed by atoms with Gasteiger partial charge in [0.2, 0.25) is 5.95 Å². The Kier molecular flexibility index (Phi) is 5.93. The minimum atomic E-state index is -0.518. The fraction of sp³-hybridized carbons (Fsp3) is 0.121. The van der Waals surface area contributed by atoms with Crippen LogP contribution in [0.1, 0.15) is 25.0 Å². The van der Waals surface area contributed by atoms with E-state index in [4.69, 9.17) is 4.42 Å². The highest BCUT2D eigenvalue weighted by Crippen LogP contribution is 2.43. The Bertz CT molecular complexity index is 1630. The van der Waals surface area contributed by atoms with Crippen molar-refractivity contribution in [2.45, 2.75) is 26.7 Å². The molecule has 0 spiro atoms. The van der Waals surface area contributed by atoms with Crippen LogP contribution in [0.3, 0.4) is 0 Å². The number of hydrogen-bond donors (Lipinski definition) is 0. The third kappa shape index (κ3) is 3.95. The van der Waals surface area contributed by atoms with Gasteiger partial charge in [0.15, 0.2) is 0 Å². The second kappa shape index (κ2) is 9.55. The van der Waals surface area contributed by atoms with Crippen LogP contribution in [0.25, 0.3) is 50.2 Å². The third-order valence-electron chi connectivity index (χ3n) is 7.04. The van der Waals surface area contributed by atoms with Crippen LogP contribution < -0.4 is 0 Å². The molecular weight excluding hydrogens is 459 g/mol. The Morgan fingerprint density at radius 2 is 1.30 bits per heavy atom. The molecule has 2 aromatic heterocycles. The van der Waals surface area contributed by atoms with Gasteiger partial charge in [-0.2, -0.15) is 4.39 Å². The van der Waals surface area contributed by atoms with E-state index in [0.717, 1.165) is 63.0 Å². The number of fused-ring (bicyclic) bond motifs is 1. The molecule has 0 aliphatic carbocycles. The van der Waals surface area contributed by atoms with Gasteiger partial charge in [-0.1, -0.05) is 86.6 Å². The van der Waals surface area contributed by atoms with E-state index in [1.54, 1.807) is 17.0 Å². The molecule has 0 aliphatic heterocycles. The van der Waals surface area contributed by atoms with Gasteiger partial charge in [-0.3, -0.25) is 0 Å². The van der Waals surface area contributed by atoms with Crippen molar-refractivity contribution in [3.63, 3.8) is 0 Å². The zero-order valence-electron chi connectivity index (χ0n) is 20.9. The molecule has 0 amide bonds. The molecule has 4 heteroatoms. The van der Waals surface area contributed by atoms with Crippen molar-refractivity contribution in [3.8, 4) is 39.2 Å². The van der Waals surface area contributed by atoms with Crippen LogP contribution in [0.5, 0.6) is 0 Å². The van der Waals surface area contributed by atoms with Crippen molar-refractivity contribution in [1.29, 1.82) is 0 Å². The molecule has 0 bridgehead atoms. The summed E-state index contributed by atoms with van der Waals surface area (Å²) in [6.45, 7) is 4.33. The Morgan fingerprint density at radius 3 is 1.89 bits per heavy atom. The van der Waals surface area contributed by atoms with E-state index in [-0.39, 0.29) is 0 Å². The van der Waals surface area contributed by atoms with Gasteiger partial charge < -0.3 is 4.42 Å². The van der Waals surface area contributed by atoms with E-state index in [0.29, 0.717) is 0 Å². The molecule has 37 heavy (non-hydrogen) atoms. The van der Waals surface area contributed by atoms with E-state index < -0.39 is 5.95 Å². The number of aromatic nitrogens is 2. The molecule has 0 fully saturated rings. The van der Waals surface area contributed by atoms with Crippen molar-refractivity contribution >= 4 is 11.0 Å². The number of para-hydroxylation sites is 1. The van der Waals surface area contributed by atoms with Crippen molar-refractivity contribution in [1.82, 2.24) is 9.78 Å². The number of nitrogens with zero attached hydrogens (tertiary/aromatic N) is 2. The van der Waals surface area contributed by atoms with Crippen molar-refractivity contribution < 1.29 is 8.81 Å². The van der Waals surface area contributed by atoms with Crippen LogP contribution in [-0.4, -0.2) is 9.78 Å². The summed E-state index contributed by atoms with van der Waals surface area (Å²) in [7, 11) is 0. The van der Waals surface area contributed by atoms with E-state index in [1.807, 2.05) is 36.4 Å². The number of rotatable bonds is 6. The third-order valence-corrected chi connectivity index (χ3v) is 7.04. The van der Waals surface area contributed by atoms with E-state index in [2.05, 4.69) is 73.5 Å². The molecule has 0 unspecified atom stereocenters. The molecule has 6 aromatic rings. The van der Waals surface area contributed by atoms with E-state index in [1.165, 1.54) is 11.1 Å². The summed E-state index contributed by atoms with van der Waals surface area (Å²) in [4.78, 5) is 0. The smallest absolute Gasteiger partial charge is 0.233 e. The number of benzene rings is 4. The maximum atomic E-state index is 15.0. The van der Waals surface area contributed by atoms with Crippen LogP contribution in [-0.2, 0) is 12.8 Å². The lowest BCUT2D eigenvalue weighted by Gasteiger charge is -2.22. The molecular formula is C33H27FN2O. The molecule has 2 heterocycles. The molecule has 0 radical (unpaired) electrons. The molecule has 6 rings (SSSR count). The molecule has 4 aromatic carbocycles. The Hall–Kier alpha value is -4.44. The molecule has 3 nitrogen and oxygen atoms in total. The predicted octanol–water partition coefficient (Wildman–Crippen LogP) is 8.88. The summed E-state index contributed by atoms with van der Waals surface area (Å²) in [6, 6.07) is 32.5. The normalized spacial score (nSPS) is 11.3. The summed E-state index contributed by atoms with van der Waals surface area (Å²) in [6.07, 6.45) is 3.25.